The molecule has 0 spiro atoms. The van der Waals surface area contributed by atoms with Gasteiger partial charge >= 0.3 is 0 Å². The fourth-order valence-corrected chi connectivity index (χ4v) is 1.91. The average molecular weight is 279 g/mol. The van der Waals surface area contributed by atoms with Crippen LogP contribution in [0.4, 0.5) is 0 Å². The number of aromatic nitrogens is 2. The summed E-state index contributed by atoms with van der Waals surface area (Å²) in [7, 11) is 1.46. The quantitative estimate of drug-likeness (QED) is 0.895. The monoisotopic (exact) mass is 279 g/mol. The number of nitrogens with zero attached hydrogens (tertiary/aromatic N) is 2. The normalized spacial score (nSPS) is 12.2. The van der Waals surface area contributed by atoms with Crippen molar-refractivity contribution in [1.82, 2.24) is 15.6 Å². The number of amides is 1. The Morgan fingerprint density at radius 1 is 1.40 bits per heavy atom. The zero-order valence-electron chi connectivity index (χ0n) is 11.9. The van der Waals surface area contributed by atoms with Gasteiger partial charge in [-0.25, -0.2) is 0 Å². The lowest BCUT2D eigenvalue weighted by atomic mass is 10.1. The zero-order chi connectivity index (χ0) is 14.7. The summed E-state index contributed by atoms with van der Waals surface area (Å²) in [6, 6.07) is 1.35. The Morgan fingerprint density at radius 3 is 2.70 bits per heavy atom. The highest BCUT2D eigenvalue weighted by molar-refractivity contribution is 5.91. The van der Waals surface area contributed by atoms with Gasteiger partial charge in [0.25, 0.3) is 11.8 Å². The molecule has 7 nitrogen and oxygen atoms in total. The highest BCUT2D eigenvalue weighted by Gasteiger charge is 2.18. The van der Waals surface area contributed by atoms with Crippen molar-refractivity contribution < 1.29 is 18.6 Å². The maximum absolute atomic E-state index is 11.9. The van der Waals surface area contributed by atoms with Crippen molar-refractivity contribution in [2.45, 2.75) is 33.2 Å². The second-order valence-electron chi connectivity index (χ2n) is 4.61. The summed E-state index contributed by atoms with van der Waals surface area (Å²) >= 11 is 0. The standard InChI is InChI=1S/C13H17N3O4/c1-7(5-10-8(2)15-19-9(10)3)14-13(17)11-6-12(18-4)16-20-11/h6-7H,5H2,1-4H3,(H,14,17)/t7-/m0/s1. The van der Waals surface area contributed by atoms with Crippen LogP contribution in [0, 0.1) is 13.8 Å². The van der Waals surface area contributed by atoms with E-state index in [1.54, 1.807) is 0 Å². The van der Waals surface area contributed by atoms with Gasteiger partial charge in [-0.3, -0.25) is 4.79 Å². The molecule has 0 unspecified atom stereocenters. The lowest BCUT2D eigenvalue weighted by Gasteiger charge is -2.12. The molecule has 2 aromatic rings. The van der Waals surface area contributed by atoms with Crippen molar-refractivity contribution in [2.75, 3.05) is 7.11 Å². The SMILES string of the molecule is COc1cc(C(=O)N[C@@H](C)Cc2c(C)noc2C)on1. The summed E-state index contributed by atoms with van der Waals surface area (Å²) in [5.41, 5.74) is 1.85. The minimum absolute atomic E-state index is 0.0876. The number of carbonyl (C=O) groups is 1. The van der Waals surface area contributed by atoms with E-state index in [0.29, 0.717) is 6.42 Å². The Labute approximate surface area is 116 Å². The molecule has 0 aromatic carbocycles. The molecule has 1 atom stereocenters. The predicted octanol–water partition coefficient (Wildman–Crippen LogP) is 1.65. The van der Waals surface area contributed by atoms with Gasteiger partial charge in [0.1, 0.15) is 5.76 Å². The van der Waals surface area contributed by atoms with Gasteiger partial charge in [-0.15, -0.1) is 0 Å². The molecule has 0 bridgehead atoms. The van der Waals surface area contributed by atoms with E-state index in [9.17, 15) is 4.79 Å². The number of rotatable bonds is 5. The molecule has 2 heterocycles. The van der Waals surface area contributed by atoms with Crippen molar-refractivity contribution in [3.05, 3.63) is 28.8 Å². The lowest BCUT2D eigenvalue weighted by Crippen LogP contribution is -2.34. The van der Waals surface area contributed by atoms with E-state index in [2.05, 4.69) is 15.6 Å². The van der Waals surface area contributed by atoms with E-state index in [1.165, 1.54) is 13.2 Å². The molecule has 0 saturated carbocycles. The Kier molecular flexibility index (Phi) is 4.07. The fraction of sp³-hybridized carbons (Fsp3) is 0.462. The minimum atomic E-state index is -0.333. The van der Waals surface area contributed by atoms with Crippen LogP contribution in [-0.2, 0) is 6.42 Å². The van der Waals surface area contributed by atoms with Crippen LogP contribution >= 0.6 is 0 Å². The van der Waals surface area contributed by atoms with Crippen molar-refractivity contribution in [3.63, 3.8) is 0 Å². The number of carbonyl (C=O) groups excluding carboxylic acids is 1. The third-order valence-electron chi connectivity index (χ3n) is 2.99. The van der Waals surface area contributed by atoms with Crippen molar-refractivity contribution in [2.24, 2.45) is 0 Å². The summed E-state index contributed by atoms with van der Waals surface area (Å²) in [4.78, 5) is 11.9. The van der Waals surface area contributed by atoms with Gasteiger partial charge < -0.3 is 19.1 Å². The molecule has 0 radical (unpaired) electrons. The molecule has 0 aliphatic carbocycles. The van der Waals surface area contributed by atoms with Crippen molar-refractivity contribution in [1.29, 1.82) is 0 Å². The van der Waals surface area contributed by atoms with Crippen LogP contribution in [0.1, 0.15) is 34.5 Å². The summed E-state index contributed by atoms with van der Waals surface area (Å²) in [5.74, 6) is 0.825. The van der Waals surface area contributed by atoms with Gasteiger partial charge in [-0.1, -0.05) is 5.16 Å². The Hall–Kier alpha value is -2.31. The predicted molar refractivity (Wildman–Crippen MR) is 69.7 cm³/mol. The second-order valence-corrected chi connectivity index (χ2v) is 4.61. The van der Waals surface area contributed by atoms with Crippen LogP contribution in [0.25, 0.3) is 0 Å². The summed E-state index contributed by atoms with van der Waals surface area (Å²) in [6.45, 7) is 5.63. The molecule has 0 aliphatic rings. The van der Waals surface area contributed by atoms with Crippen LogP contribution in [-0.4, -0.2) is 29.4 Å². The zero-order valence-corrected chi connectivity index (χ0v) is 11.9. The van der Waals surface area contributed by atoms with E-state index in [-0.39, 0.29) is 23.6 Å². The van der Waals surface area contributed by atoms with Crippen LogP contribution in [0.2, 0.25) is 0 Å². The van der Waals surface area contributed by atoms with E-state index in [4.69, 9.17) is 13.8 Å². The van der Waals surface area contributed by atoms with Gasteiger partial charge in [0.15, 0.2) is 0 Å². The first kappa shape index (κ1) is 14.1. The van der Waals surface area contributed by atoms with Gasteiger partial charge in [0.05, 0.1) is 18.9 Å². The molecule has 0 aliphatic heterocycles. The first-order valence-corrected chi connectivity index (χ1v) is 6.24. The largest absolute Gasteiger partial charge is 0.479 e. The van der Waals surface area contributed by atoms with E-state index < -0.39 is 0 Å². The van der Waals surface area contributed by atoms with Crippen molar-refractivity contribution in [3.8, 4) is 5.88 Å². The number of ether oxygens (including phenoxy) is 1. The highest BCUT2D eigenvalue weighted by atomic mass is 16.5. The first-order valence-electron chi connectivity index (χ1n) is 6.24. The van der Waals surface area contributed by atoms with Gasteiger partial charge in [-0.2, -0.15) is 0 Å². The molecular weight excluding hydrogens is 262 g/mol. The topological polar surface area (TPSA) is 90.4 Å². The summed E-state index contributed by atoms with van der Waals surface area (Å²) in [5, 5.41) is 10.3. The van der Waals surface area contributed by atoms with E-state index in [0.717, 1.165) is 17.0 Å². The number of hydrogen-bond acceptors (Lipinski definition) is 6. The smallest absolute Gasteiger partial charge is 0.290 e. The van der Waals surface area contributed by atoms with Gasteiger partial charge in [0, 0.05) is 11.6 Å². The molecule has 1 N–H and O–H groups in total. The van der Waals surface area contributed by atoms with E-state index in [1.807, 2.05) is 20.8 Å². The summed E-state index contributed by atoms with van der Waals surface area (Å²) in [6.07, 6.45) is 0.637. The molecule has 7 heteroatoms. The average Bonchev–Trinajstić information content (AvgIpc) is 3.00. The number of methoxy groups -OCH3 is 1. The molecular formula is C13H17N3O4. The molecule has 0 fully saturated rings. The molecule has 1 amide bonds. The molecule has 0 saturated heterocycles. The number of aryl methyl sites for hydroxylation is 2. The van der Waals surface area contributed by atoms with Crippen LogP contribution in [0.15, 0.2) is 15.1 Å². The first-order chi connectivity index (χ1) is 9.51. The summed E-state index contributed by atoms with van der Waals surface area (Å²) < 4.78 is 14.8. The van der Waals surface area contributed by atoms with Crippen molar-refractivity contribution >= 4 is 5.91 Å². The molecule has 108 valence electrons. The Bertz CT molecular complexity index is 583. The maximum Gasteiger partial charge on any atom is 0.290 e. The molecule has 20 heavy (non-hydrogen) atoms. The van der Waals surface area contributed by atoms with Crippen LogP contribution in [0.5, 0.6) is 5.88 Å². The number of nitrogens with one attached hydrogen (secondary N) is 1. The Morgan fingerprint density at radius 2 is 2.15 bits per heavy atom. The second kappa shape index (κ2) is 5.77. The minimum Gasteiger partial charge on any atom is -0.479 e. The molecule has 2 aromatic heterocycles. The van der Waals surface area contributed by atoms with Gasteiger partial charge in [0.2, 0.25) is 5.76 Å². The van der Waals surface area contributed by atoms with E-state index >= 15 is 0 Å². The lowest BCUT2D eigenvalue weighted by molar-refractivity contribution is 0.0902. The van der Waals surface area contributed by atoms with Gasteiger partial charge in [-0.05, 0) is 32.3 Å². The third-order valence-corrected chi connectivity index (χ3v) is 2.99. The highest BCUT2D eigenvalue weighted by Crippen LogP contribution is 2.15. The van der Waals surface area contributed by atoms with Crippen LogP contribution in [0.3, 0.4) is 0 Å². The fourth-order valence-electron chi connectivity index (χ4n) is 1.91. The number of hydrogen-bond donors (Lipinski definition) is 1. The van der Waals surface area contributed by atoms with Crippen LogP contribution < -0.4 is 10.1 Å². The molecule has 2 rings (SSSR count). The third kappa shape index (κ3) is 2.98. The Balaban J connectivity index is 1.97. The maximum atomic E-state index is 11.9.